The second kappa shape index (κ2) is 5.05. The minimum absolute atomic E-state index is 0.432. The fourth-order valence-electron chi connectivity index (χ4n) is 1.40. The molecule has 2 aromatic heterocycles. The molecule has 0 aliphatic rings. The Balaban J connectivity index is 2.05. The molecule has 2 N–H and O–H groups in total. The van der Waals surface area contributed by atoms with E-state index in [1.54, 1.807) is 11.3 Å². The van der Waals surface area contributed by atoms with E-state index in [1.165, 1.54) is 5.56 Å². The van der Waals surface area contributed by atoms with Gasteiger partial charge in [0.1, 0.15) is 0 Å². The van der Waals surface area contributed by atoms with E-state index in [0.717, 1.165) is 18.1 Å². The SMILES string of the molecule is CN(Cc1ccsc1)c1ccc(CN)nn1. The fourth-order valence-corrected chi connectivity index (χ4v) is 2.06. The molecule has 0 spiro atoms. The quantitative estimate of drug-likeness (QED) is 0.873. The number of aromatic nitrogens is 2. The highest BCUT2D eigenvalue weighted by molar-refractivity contribution is 7.07. The van der Waals surface area contributed by atoms with Crippen molar-refractivity contribution in [2.24, 2.45) is 5.73 Å². The molecular formula is C11H14N4S. The van der Waals surface area contributed by atoms with Crippen LogP contribution in [-0.4, -0.2) is 17.2 Å². The van der Waals surface area contributed by atoms with E-state index < -0.39 is 0 Å². The maximum absolute atomic E-state index is 5.47. The Labute approximate surface area is 98.7 Å². The molecule has 84 valence electrons. The molecule has 0 atom stereocenters. The summed E-state index contributed by atoms with van der Waals surface area (Å²) in [5, 5.41) is 12.4. The van der Waals surface area contributed by atoms with Crippen LogP contribution in [0.15, 0.2) is 29.0 Å². The summed E-state index contributed by atoms with van der Waals surface area (Å²) < 4.78 is 0. The first-order chi connectivity index (χ1) is 7.79. The second-order valence-electron chi connectivity index (χ2n) is 3.57. The highest BCUT2D eigenvalue weighted by Gasteiger charge is 2.04. The van der Waals surface area contributed by atoms with Crippen LogP contribution in [0.1, 0.15) is 11.3 Å². The third-order valence-corrected chi connectivity index (χ3v) is 3.04. The number of hydrogen-bond donors (Lipinski definition) is 1. The Morgan fingerprint density at radius 3 is 2.75 bits per heavy atom. The lowest BCUT2D eigenvalue weighted by atomic mass is 10.3. The van der Waals surface area contributed by atoms with Crippen LogP contribution in [0.3, 0.4) is 0 Å². The summed E-state index contributed by atoms with van der Waals surface area (Å²) >= 11 is 1.70. The molecule has 0 radical (unpaired) electrons. The lowest BCUT2D eigenvalue weighted by Gasteiger charge is -2.16. The van der Waals surface area contributed by atoms with Crippen molar-refractivity contribution in [3.8, 4) is 0 Å². The van der Waals surface area contributed by atoms with Crippen molar-refractivity contribution in [1.82, 2.24) is 10.2 Å². The molecule has 2 heterocycles. The van der Waals surface area contributed by atoms with Crippen molar-refractivity contribution in [3.63, 3.8) is 0 Å². The predicted octanol–water partition coefficient (Wildman–Crippen LogP) is 1.63. The lowest BCUT2D eigenvalue weighted by molar-refractivity contribution is 0.837. The summed E-state index contributed by atoms with van der Waals surface area (Å²) in [4.78, 5) is 2.06. The molecule has 16 heavy (non-hydrogen) atoms. The summed E-state index contributed by atoms with van der Waals surface area (Å²) in [6.07, 6.45) is 0. The zero-order valence-electron chi connectivity index (χ0n) is 9.13. The number of nitrogens with two attached hydrogens (primary N) is 1. The van der Waals surface area contributed by atoms with Crippen molar-refractivity contribution in [2.45, 2.75) is 13.1 Å². The average molecular weight is 234 g/mol. The van der Waals surface area contributed by atoms with Gasteiger partial charge in [0.2, 0.25) is 0 Å². The highest BCUT2D eigenvalue weighted by atomic mass is 32.1. The molecule has 2 aromatic rings. The number of nitrogens with zero attached hydrogens (tertiary/aromatic N) is 3. The van der Waals surface area contributed by atoms with Crippen LogP contribution in [0.25, 0.3) is 0 Å². The monoisotopic (exact) mass is 234 g/mol. The van der Waals surface area contributed by atoms with Crippen molar-refractivity contribution in [1.29, 1.82) is 0 Å². The minimum Gasteiger partial charge on any atom is -0.354 e. The van der Waals surface area contributed by atoms with Gasteiger partial charge in [0.25, 0.3) is 0 Å². The Hall–Kier alpha value is -1.46. The van der Waals surface area contributed by atoms with Gasteiger partial charge in [-0.1, -0.05) is 0 Å². The number of hydrogen-bond acceptors (Lipinski definition) is 5. The topological polar surface area (TPSA) is 55.0 Å². The van der Waals surface area contributed by atoms with Crippen LogP contribution >= 0.6 is 11.3 Å². The molecule has 0 amide bonds. The summed E-state index contributed by atoms with van der Waals surface area (Å²) in [6.45, 7) is 1.28. The van der Waals surface area contributed by atoms with Crippen molar-refractivity contribution >= 4 is 17.2 Å². The third kappa shape index (κ3) is 2.56. The summed E-state index contributed by atoms with van der Waals surface area (Å²) in [5.74, 6) is 0.864. The van der Waals surface area contributed by atoms with E-state index in [0.29, 0.717) is 6.54 Å². The molecule has 0 saturated carbocycles. The minimum atomic E-state index is 0.432. The Kier molecular flexibility index (Phi) is 3.48. The van der Waals surface area contributed by atoms with Gasteiger partial charge in [-0.15, -0.1) is 5.10 Å². The van der Waals surface area contributed by atoms with E-state index in [9.17, 15) is 0 Å². The maximum Gasteiger partial charge on any atom is 0.151 e. The van der Waals surface area contributed by atoms with Crippen LogP contribution in [-0.2, 0) is 13.1 Å². The lowest BCUT2D eigenvalue weighted by Crippen LogP contribution is -2.18. The van der Waals surface area contributed by atoms with Gasteiger partial charge in [0, 0.05) is 20.1 Å². The Morgan fingerprint density at radius 2 is 2.19 bits per heavy atom. The van der Waals surface area contributed by atoms with Crippen molar-refractivity contribution in [3.05, 3.63) is 40.2 Å². The molecule has 0 aliphatic heterocycles. The first-order valence-electron chi connectivity index (χ1n) is 5.04. The molecule has 4 nitrogen and oxygen atoms in total. The van der Waals surface area contributed by atoms with Gasteiger partial charge in [0.05, 0.1) is 5.69 Å². The first-order valence-corrected chi connectivity index (χ1v) is 5.99. The van der Waals surface area contributed by atoms with Crippen LogP contribution in [0.5, 0.6) is 0 Å². The zero-order chi connectivity index (χ0) is 11.4. The maximum atomic E-state index is 5.47. The van der Waals surface area contributed by atoms with Crippen LogP contribution in [0.2, 0.25) is 0 Å². The van der Waals surface area contributed by atoms with Gasteiger partial charge in [0.15, 0.2) is 5.82 Å². The molecular weight excluding hydrogens is 220 g/mol. The molecule has 0 fully saturated rings. The van der Waals surface area contributed by atoms with Gasteiger partial charge < -0.3 is 10.6 Å². The summed E-state index contributed by atoms with van der Waals surface area (Å²) in [6, 6.07) is 5.97. The van der Waals surface area contributed by atoms with Gasteiger partial charge in [-0.3, -0.25) is 0 Å². The molecule has 0 aromatic carbocycles. The van der Waals surface area contributed by atoms with E-state index in [-0.39, 0.29) is 0 Å². The smallest absolute Gasteiger partial charge is 0.151 e. The molecule has 0 saturated heterocycles. The molecule has 0 bridgehead atoms. The summed E-state index contributed by atoms with van der Waals surface area (Å²) in [5.41, 5.74) is 7.57. The van der Waals surface area contributed by atoms with E-state index in [1.807, 2.05) is 19.2 Å². The van der Waals surface area contributed by atoms with Gasteiger partial charge >= 0.3 is 0 Å². The van der Waals surface area contributed by atoms with E-state index >= 15 is 0 Å². The van der Waals surface area contributed by atoms with Gasteiger partial charge in [-0.2, -0.15) is 16.4 Å². The predicted molar refractivity (Wildman–Crippen MR) is 66.3 cm³/mol. The Bertz CT molecular complexity index is 424. The average Bonchev–Trinajstić information content (AvgIpc) is 2.82. The highest BCUT2D eigenvalue weighted by Crippen LogP contribution is 2.13. The third-order valence-electron chi connectivity index (χ3n) is 2.31. The molecule has 0 aliphatic carbocycles. The first kappa shape index (κ1) is 11.0. The normalized spacial score (nSPS) is 10.4. The van der Waals surface area contributed by atoms with Crippen LogP contribution in [0.4, 0.5) is 5.82 Å². The van der Waals surface area contributed by atoms with Crippen LogP contribution in [0, 0.1) is 0 Å². The molecule has 5 heteroatoms. The van der Waals surface area contributed by atoms with Gasteiger partial charge in [-0.05, 0) is 34.5 Å². The van der Waals surface area contributed by atoms with E-state index in [2.05, 4.69) is 31.9 Å². The number of thiophene rings is 1. The zero-order valence-corrected chi connectivity index (χ0v) is 9.94. The van der Waals surface area contributed by atoms with Gasteiger partial charge in [-0.25, -0.2) is 0 Å². The second-order valence-corrected chi connectivity index (χ2v) is 4.35. The number of rotatable bonds is 4. The van der Waals surface area contributed by atoms with E-state index in [4.69, 9.17) is 5.73 Å². The summed E-state index contributed by atoms with van der Waals surface area (Å²) in [7, 11) is 2.00. The van der Waals surface area contributed by atoms with Crippen molar-refractivity contribution in [2.75, 3.05) is 11.9 Å². The fraction of sp³-hybridized carbons (Fsp3) is 0.273. The molecule has 0 unspecified atom stereocenters. The Morgan fingerprint density at radius 1 is 1.31 bits per heavy atom. The van der Waals surface area contributed by atoms with Crippen LogP contribution < -0.4 is 10.6 Å². The number of anilines is 1. The molecule has 2 rings (SSSR count). The standard InChI is InChI=1S/C11H14N4S/c1-15(7-9-4-5-16-8-9)11-3-2-10(6-12)13-14-11/h2-5,8H,6-7,12H2,1H3. The largest absolute Gasteiger partial charge is 0.354 e. The van der Waals surface area contributed by atoms with Crippen molar-refractivity contribution < 1.29 is 0 Å².